The molecule has 0 fully saturated rings. The van der Waals surface area contributed by atoms with E-state index in [-0.39, 0.29) is 0 Å². The van der Waals surface area contributed by atoms with Gasteiger partial charge in [-0.25, -0.2) is 0 Å². The normalized spacial score (nSPS) is 11.7. The fraction of sp³-hybridized carbons (Fsp3) is 0.615. The molecule has 0 aliphatic rings. The fourth-order valence-electron chi connectivity index (χ4n) is 1.62. The van der Waals surface area contributed by atoms with E-state index in [1.807, 2.05) is 23.0 Å². The summed E-state index contributed by atoms with van der Waals surface area (Å²) in [7, 11) is 1.67. The number of nitrogens with zero attached hydrogens (tertiary/aromatic N) is 1. The highest BCUT2D eigenvalue weighted by atomic mass is 16.5. The molecule has 1 aromatic heterocycles. The van der Waals surface area contributed by atoms with Crippen molar-refractivity contribution in [3.05, 3.63) is 24.0 Å². The second-order valence-electron chi connectivity index (χ2n) is 5.05. The molecule has 5 nitrogen and oxygen atoms in total. The Bertz CT molecular complexity index is 385. The minimum atomic E-state index is -0.782. The lowest BCUT2D eigenvalue weighted by atomic mass is 9.94. The minimum Gasteiger partial charge on any atom is -0.481 e. The first kappa shape index (κ1) is 14.7. The van der Waals surface area contributed by atoms with Crippen molar-refractivity contribution in [1.82, 2.24) is 9.88 Å². The smallest absolute Gasteiger partial charge is 0.310 e. The maximum Gasteiger partial charge on any atom is 0.310 e. The van der Waals surface area contributed by atoms with Gasteiger partial charge in [0, 0.05) is 39.1 Å². The van der Waals surface area contributed by atoms with Crippen LogP contribution >= 0.6 is 0 Å². The zero-order valence-electron chi connectivity index (χ0n) is 11.3. The van der Waals surface area contributed by atoms with Crippen LogP contribution in [0, 0.1) is 5.41 Å². The molecule has 1 heterocycles. The van der Waals surface area contributed by atoms with E-state index in [4.69, 9.17) is 9.84 Å². The van der Waals surface area contributed by atoms with Crippen LogP contribution in [-0.4, -0.2) is 35.9 Å². The Labute approximate surface area is 108 Å². The molecular formula is C13H22N2O3. The topological polar surface area (TPSA) is 63.5 Å². The van der Waals surface area contributed by atoms with Gasteiger partial charge in [0.1, 0.15) is 0 Å². The van der Waals surface area contributed by atoms with Crippen LogP contribution in [0.2, 0.25) is 0 Å². The Kier molecular flexibility index (Phi) is 5.37. The van der Waals surface area contributed by atoms with Crippen molar-refractivity contribution >= 4 is 5.97 Å². The van der Waals surface area contributed by atoms with Crippen LogP contribution in [0.25, 0.3) is 0 Å². The number of hydrogen-bond acceptors (Lipinski definition) is 3. The molecule has 1 aromatic rings. The lowest BCUT2D eigenvalue weighted by Gasteiger charge is -2.19. The minimum absolute atomic E-state index is 0.473. The standard InChI is InChI=1S/C13H22N2O3/c1-13(2,12(16)17)10-15-6-4-11(9-15)8-14-5-7-18-3/h4,6,9,14H,5,7-8,10H2,1-3H3,(H,16,17). The number of rotatable bonds is 8. The van der Waals surface area contributed by atoms with Crippen LogP contribution in [0.15, 0.2) is 18.5 Å². The monoisotopic (exact) mass is 254 g/mol. The van der Waals surface area contributed by atoms with Crippen molar-refractivity contribution in [2.75, 3.05) is 20.3 Å². The molecule has 0 aliphatic heterocycles. The molecule has 0 bridgehead atoms. The predicted octanol–water partition coefficient (Wildman–Crippen LogP) is 1.33. The summed E-state index contributed by atoms with van der Waals surface area (Å²) < 4.78 is 6.86. The summed E-state index contributed by atoms with van der Waals surface area (Å²) in [6.07, 6.45) is 3.89. The SMILES string of the molecule is COCCNCc1ccn(CC(C)(C)C(=O)O)c1. The van der Waals surface area contributed by atoms with E-state index in [9.17, 15) is 4.79 Å². The summed E-state index contributed by atoms with van der Waals surface area (Å²) in [6.45, 7) is 6.19. The van der Waals surface area contributed by atoms with Crippen molar-refractivity contribution in [3.8, 4) is 0 Å². The molecule has 0 radical (unpaired) electrons. The highest BCUT2D eigenvalue weighted by Gasteiger charge is 2.27. The Morgan fingerprint density at radius 1 is 1.56 bits per heavy atom. The molecule has 0 amide bonds. The number of carboxylic acids is 1. The third-order valence-electron chi connectivity index (χ3n) is 2.78. The third kappa shape index (κ3) is 4.50. The quantitative estimate of drug-likeness (QED) is 0.687. The van der Waals surface area contributed by atoms with E-state index >= 15 is 0 Å². The average Bonchev–Trinajstić information content (AvgIpc) is 2.71. The Hall–Kier alpha value is -1.33. The molecule has 18 heavy (non-hydrogen) atoms. The van der Waals surface area contributed by atoms with Gasteiger partial charge in [-0.2, -0.15) is 0 Å². The summed E-state index contributed by atoms with van der Waals surface area (Å²) in [5.41, 5.74) is 0.395. The number of nitrogens with one attached hydrogen (secondary N) is 1. The molecule has 0 spiro atoms. The molecule has 0 aromatic carbocycles. The maximum absolute atomic E-state index is 11.0. The zero-order chi connectivity index (χ0) is 13.6. The van der Waals surface area contributed by atoms with Crippen molar-refractivity contribution in [2.24, 2.45) is 5.41 Å². The van der Waals surface area contributed by atoms with Gasteiger partial charge in [-0.1, -0.05) is 0 Å². The van der Waals surface area contributed by atoms with E-state index < -0.39 is 11.4 Å². The molecule has 102 valence electrons. The summed E-state index contributed by atoms with van der Waals surface area (Å²) in [5, 5.41) is 12.3. The molecule has 0 aliphatic carbocycles. The van der Waals surface area contributed by atoms with Crippen LogP contribution in [0.4, 0.5) is 0 Å². The van der Waals surface area contributed by atoms with Gasteiger partial charge in [0.25, 0.3) is 0 Å². The van der Waals surface area contributed by atoms with E-state index in [0.29, 0.717) is 13.2 Å². The second kappa shape index (κ2) is 6.56. The first-order chi connectivity index (χ1) is 8.45. The lowest BCUT2D eigenvalue weighted by Crippen LogP contribution is -2.28. The van der Waals surface area contributed by atoms with E-state index in [0.717, 1.165) is 18.7 Å². The second-order valence-corrected chi connectivity index (χ2v) is 5.05. The van der Waals surface area contributed by atoms with Crippen molar-refractivity contribution < 1.29 is 14.6 Å². The number of ether oxygens (including phenoxy) is 1. The summed E-state index contributed by atoms with van der Waals surface area (Å²) >= 11 is 0. The summed E-state index contributed by atoms with van der Waals surface area (Å²) in [5.74, 6) is -0.782. The molecular weight excluding hydrogens is 232 g/mol. The number of aromatic nitrogens is 1. The Morgan fingerprint density at radius 2 is 2.28 bits per heavy atom. The zero-order valence-corrected chi connectivity index (χ0v) is 11.3. The van der Waals surface area contributed by atoms with Gasteiger partial charge in [0.05, 0.1) is 12.0 Å². The van der Waals surface area contributed by atoms with Crippen LogP contribution in [0.3, 0.4) is 0 Å². The first-order valence-corrected chi connectivity index (χ1v) is 6.03. The van der Waals surface area contributed by atoms with E-state index in [1.54, 1.807) is 21.0 Å². The highest BCUT2D eigenvalue weighted by Crippen LogP contribution is 2.18. The molecule has 0 unspecified atom stereocenters. The number of aliphatic carboxylic acids is 1. The van der Waals surface area contributed by atoms with Crippen LogP contribution in [-0.2, 0) is 22.6 Å². The van der Waals surface area contributed by atoms with Gasteiger partial charge in [-0.15, -0.1) is 0 Å². The van der Waals surface area contributed by atoms with Crippen LogP contribution in [0.5, 0.6) is 0 Å². The van der Waals surface area contributed by atoms with Crippen molar-refractivity contribution in [1.29, 1.82) is 0 Å². The summed E-state index contributed by atoms with van der Waals surface area (Å²) in [6, 6.07) is 2.00. The van der Waals surface area contributed by atoms with Crippen molar-refractivity contribution in [3.63, 3.8) is 0 Å². The summed E-state index contributed by atoms with van der Waals surface area (Å²) in [4.78, 5) is 11.0. The molecule has 0 saturated heterocycles. The lowest BCUT2D eigenvalue weighted by molar-refractivity contribution is -0.147. The molecule has 2 N–H and O–H groups in total. The van der Waals surface area contributed by atoms with Gasteiger partial charge < -0.3 is 19.7 Å². The van der Waals surface area contributed by atoms with Gasteiger partial charge in [0.2, 0.25) is 0 Å². The largest absolute Gasteiger partial charge is 0.481 e. The number of hydrogen-bond donors (Lipinski definition) is 2. The first-order valence-electron chi connectivity index (χ1n) is 6.03. The fourth-order valence-corrected chi connectivity index (χ4v) is 1.62. The molecule has 5 heteroatoms. The van der Waals surface area contributed by atoms with Crippen LogP contribution in [0.1, 0.15) is 19.4 Å². The predicted molar refractivity (Wildman–Crippen MR) is 69.4 cm³/mol. The van der Waals surface area contributed by atoms with Crippen LogP contribution < -0.4 is 5.32 Å². The average molecular weight is 254 g/mol. The maximum atomic E-state index is 11.0. The van der Waals surface area contributed by atoms with Gasteiger partial charge in [-0.3, -0.25) is 4.79 Å². The van der Waals surface area contributed by atoms with Gasteiger partial charge in [-0.05, 0) is 25.5 Å². The van der Waals surface area contributed by atoms with Gasteiger partial charge in [0.15, 0.2) is 0 Å². The molecule has 1 rings (SSSR count). The third-order valence-corrected chi connectivity index (χ3v) is 2.78. The van der Waals surface area contributed by atoms with E-state index in [2.05, 4.69) is 5.32 Å². The van der Waals surface area contributed by atoms with Gasteiger partial charge >= 0.3 is 5.97 Å². The Morgan fingerprint density at radius 3 is 2.89 bits per heavy atom. The number of methoxy groups -OCH3 is 1. The molecule has 0 atom stereocenters. The number of carboxylic acid groups (broad SMARTS) is 1. The molecule has 0 saturated carbocycles. The Balaban J connectivity index is 2.46. The highest BCUT2D eigenvalue weighted by molar-refractivity contribution is 5.73. The number of carbonyl (C=O) groups is 1. The van der Waals surface area contributed by atoms with E-state index in [1.165, 1.54) is 0 Å². The van der Waals surface area contributed by atoms with Crippen molar-refractivity contribution in [2.45, 2.75) is 26.9 Å².